The molecule has 0 aliphatic heterocycles. The van der Waals surface area contributed by atoms with Gasteiger partial charge in [0, 0.05) is 18.3 Å². The molecule has 124 valence electrons. The van der Waals surface area contributed by atoms with Crippen LogP contribution < -0.4 is 20.5 Å². The van der Waals surface area contributed by atoms with Crippen molar-refractivity contribution in [3.05, 3.63) is 24.3 Å². The van der Waals surface area contributed by atoms with Crippen LogP contribution in [0.1, 0.15) is 0 Å². The lowest BCUT2D eigenvalue weighted by atomic mass is 10.2. The third-order valence-corrected chi connectivity index (χ3v) is 2.93. The van der Waals surface area contributed by atoms with Crippen LogP contribution in [0.2, 0.25) is 0 Å². The quantitative estimate of drug-likeness (QED) is 0.694. The minimum absolute atomic E-state index is 0.0292. The Labute approximate surface area is 124 Å². The second-order valence-corrected chi connectivity index (χ2v) is 6.13. The standard InChI is InChI=1S/C11H14F3N3O4S/c1-22(19,20)16-6-9(15)10(18)17-7-3-2-4-8(5-7)21-11(12,13)14/h2-5,9,16H,6,15H2,1H3,(H,17,18)/t9-/m1/s1. The molecule has 0 aliphatic carbocycles. The number of halogens is 3. The minimum Gasteiger partial charge on any atom is -0.406 e. The first-order chi connectivity index (χ1) is 9.96. The summed E-state index contributed by atoms with van der Waals surface area (Å²) in [5, 5.41) is 2.26. The van der Waals surface area contributed by atoms with Crippen LogP contribution in [0, 0.1) is 0 Å². The fourth-order valence-corrected chi connectivity index (χ4v) is 1.82. The van der Waals surface area contributed by atoms with Crippen LogP contribution in [-0.4, -0.2) is 39.5 Å². The van der Waals surface area contributed by atoms with Gasteiger partial charge in [0.25, 0.3) is 0 Å². The molecule has 0 fully saturated rings. The average molecular weight is 341 g/mol. The maximum absolute atomic E-state index is 12.1. The molecule has 22 heavy (non-hydrogen) atoms. The first-order valence-electron chi connectivity index (χ1n) is 5.83. The second kappa shape index (κ2) is 6.94. The fourth-order valence-electron chi connectivity index (χ4n) is 1.34. The molecule has 1 rings (SSSR count). The second-order valence-electron chi connectivity index (χ2n) is 4.29. The third kappa shape index (κ3) is 7.24. The monoisotopic (exact) mass is 341 g/mol. The fraction of sp³-hybridized carbons (Fsp3) is 0.364. The molecule has 0 radical (unpaired) electrons. The molecule has 0 heterocycles. The highest BCUT2D eigenvalue weighted by Crippen LogP contribution is 2.24. The van der Waals surface area contributed by atoms with E-state index < -0.39 is 34.1 Å². The summed E-state index contributed by atoms with van der Waals surface area (Å²) in [6, 6.07) is 3.40. The molecular formula is C11H14F3N3O4S. The Bertz CT molecular complexity index is 634. The van der Waals surface area contributed by atoms with Gasteiger partial charge in [-0.25, -0.2) is 13.1 Å². The summed E-state index contributed by atoms with van der Waals surface area (Å²) in [4.78, 5) is 11.7. The van der Waals surface area contributed by atoms with E-state index in [1.807, 2.05) is 4.72 Å². The lowest BCUT2D eigenvalue weighted by Crippen LogP contribution is -2.44. The molecule has 0 bridgehead atoms. The van der Waals surface area contributed by atoms with E-state index in [1.165, 1.54) is 12.1 Å². The van der Waals surface area contributed by atoms with Gasteiger partial charge in [-0.1, -0.05) is 6.07 Å². The van der Waals surface area contributed by atoms with Gasteiger partial charge in [0.05, 0.1) is 12.3 Å². The lowest BCUT2D eigenvalue weighted by Gasteiger charge is -2.14. The van der Waals surface area contributed by atoms with Crippen LogP contribution >= 0.6 is 0 Å². The number of ether oxygens (including phenoxy) is 1. The number of alkyl halides is 3. The van der Waals surface area contributed by atoms with Crippen molar-refractivity contribution in [2.45, 2.75) is 12.4 Å². The molecule has 0 saturated carbocycles. The number of rotatable bonds is 6. The zero-order chi connectivity index (χ0) is 17.0. The van der Waals surface area contributed by atoms with Crippen molar-refractivity contribution in [3.8, 4) is 5.75 Å². The molecule has 0 saturated heterocycles. The van der Waals surface area contributed by atoms with Gasteiger partial charge in [0.15, 0.2) is 0 Å². The number of nitrogens with two attached hydrogens (primary N) is 1. The van der Waals surface area contributed by atoms with Crippen molar-refractivity contribution >= 4 is 21.6 Å². The Kier molecular flexibility index (Phi) is 5.74. The predicted octanol–water partition coefficient (Wildman–Crippen LogP) is 0.400. The Morgan fingerprint density at radius 2 is 2.05 bits per heavy atom. The Morgan fingerprint density at radius 3 is 2.59 bits per heavy atom. The number of anilines is 1. The van der Waals surface area contributed by atoms with Crippen LogP contribution in [0.4, 0.5) is 18.9 Å². The molecule has 0 spiro atoms. The van der Waals surface area contributed by atoms with Gasteiger partial charge in [-0.15, -0.1) is 13.2 Å². The summed E-state index contributed by atoms with van der Waals surface area (Å²) in [6.45, 7) is -0.344. The first-order valence-corrected chi connectivity index (χ1v) is 7.72. The number of hydrogen-bond acceptors (Lipinski definition) is 5. The molecule has 0 aliphatic rings. The molecule has 1 aromatic carbocycles. The maximum Gasteiger partial charge on any atom is 0.573 e. The van der Waals surface area contributed by atoms with Crippen LogP contribution in [0.15, 0.2) is 24.3 Å². The van der Waals surface area contributed by atoms with E-state index in [4.69, 9.17) is 5.73 Å². The number of carbonyl (C=O) groups is 1. The van der Waals surface area contributed by atoms with E-state index >= 15 is 0 Å². The van der Waals surface area contributed by atoms with E-state index in [9.17, 15) is 26.4 Å². The average Bonchev–Trinajstić information content (AvgIpc) is 2.33. The molecule has 4 N–H and O–H groups in total. The number of hydrogen-bond donors (Lipinski definition) is 3. The Balaban J connectivity index is 2.66. The van der Waals surface area contributed by atoms with Crippen molar-refractivity contribution in [1.82, 2.24) is 4.72 Å². The van der Waals surface area contributed by atoms with Crippen LogP contribution in [0.3, 0.4) is 0 Å². The smallest absolute Gasteiger partial charge is 0.406 e. The van der Waals surface area contributed by atoms with Gasteiger partial charge in [-0.2, -0.15) is 0 Å². The van der Waals surface area contributed by atoms with Crippen LogP contribution in [0.5, 0.6) is 5.75 Å². The number of nitrogens with one attached hydrogen (secondary N) is 2. The summed E-state index contributed by atoms with van der Waals surface area (Å²) >= 11 is 0. The highest BCUT2D eigenvalue weighted by atomic mass is 32.2. The highest BCUT2D eigenvalue weighted by molar-refractivity contribution is 7.88. The SMILES string of the molecule is CS(=O)(=O)NC[C@@H](N)C(=O)Nc1cccc(OC(F)(F)F)c1. The van der Waals surface area contributed by atoms with Gasteiger partial charge in [0.1, 0.15) is 5.75 Å². The van der Waals surface area contributed by atoms with E-state index in [0.29, 0.717) is 0 Å². The summed E-state index contributed by atoms with van der Waals surface area (Å²) in [7, 11) is -3.51. The van der Waals surface area contributed by atoms with E-state index in [-0.39, 0.29) is 12.2 Å². The summed E-state index contributed by atoms with van der Waals surface area (Å²) in [6.07, 6.45) is -3.95. The number of sulfonamides is 1. The van der Waals surface area contributed by atoms with Crippen LogP contribution in [-0.2, 0) is 14.8 Å². The van der Waals surface area contributed by atoms with Crippen molar-refractivity contribution in [3.63, 3.8) is 0 Å². The van der Waals surface area contributed by atoms with Crippen molar-refractivity contribution in [2.24, 2.45) is 5.73 Å². The number of carbonyl (C=O) groups excluding carboxylic acids is 1. The van der Waals surface area contributed by atoms with Gasteiger partial charge in [-0.3, -0.25) is 4.79 Å². The number of benzene rings is 1. The maximum atomic E-state index is 12.1. The molecule has 1 atom stereocenters. The largest absolute Gasteiger partial charge is 0.573 e. The van der Waals surface area contributed by atoms with E-state index in [1.54, 1.807) is 0 Å². The number of amides is 1. The van der Waals surface area contributed by atoms with Gasteiger partial charge >= 0.3 is 6.36 Å². The molecule has 0 aromatic heterocycles. The topological polar surface area (TPSA) is 111 Å². The third-order valence-electron chi connectivity index (χ3n) is 2.24. The molecule has 1 aromatic rings. The predicted molar refractivity (Wildman–Crippen MR) is 72.6 cm³/mol. The van der Waals surface area contributed by atoms with Crippen molar-refractivity contribution in [1.29, 1.82) is 0 Å². The molecule has 1 amide bonds. The molecule has 11 heteroatoms. The summed E-state index contributed by atoms with van der Waals surface area (Å²) in [5.41, 5.74) is 5.49. The van der Waals surface area contributed by atoms with Crippen molar-refractivity contribution in [2.75, 3.05) is 18.1 Å². The Hall–Kier alpha value is -1.85. The molecule has 7 nitrogen and oxygen atoms in total. The lowest BCUT2D eigenvalue weighted by molar-refractivity contribution is -0.274. The van der Waals surface area contributed by atoms with E-state index in [2.05, 4.69) is 10.1 Å². The van der Waals surface area contributed by atoms with Gasteiger partial charge in [0.2, 0.25) is 15.9 Å². The van der Waals surface area contributed by atoms with E-state index in [0.717, 1.165) is 18.4 Å². The zero-order valence-electron chi connectivity index (χ0n) is 11.3. The van der Waals surface area contributed by atoms with Gasteiger partial charge < -0.3 is 15.8 Å². The zero-order valence-corrected chi connectivity index (χ0v) is 12.2. The summed E-state index contributed by atoms with van der Waals surface area (Å²) < 4.78 is 63.7. The van der Waals surface area contributed by atoms with Crippen molar-refractivity contribution < 1.29 is 31.1 Å². The van der Waals surface area contributed by atoms with Gasteiger partial charge in [-0.05, 0) is 12.1 Å². The van der Waals surface area contributed by atoms with Crippen LogP contribution in [0.25, 0.3) is 0 Å². The Morgan fingerprint density at radius 1 is 1.41 bits per heavy atom. The molecule has 0 unspecified atom stereocenters. The minimum atomic E-state index is -4.85. The first kappa shape index (κ1) is 18.2. The normalized spacial score (nSPS) is 13.5. The highest BCUT2D eigenvalue weighted by Gasteiger charge is 2.31. The summed E-state index contributed by atoms with van der Waals surface area (Å²) in [5.74, 6) is -1.27. The molecular weight excluding hydrogens is 327 g/mol.